The number of hydrogen-bond donors (Lipinski definition) is 1. The third-order valence-electron chi connectivity index (χ3n) is 2.58. The molecule has 0 aromatic heterocycles. The lowest BCUT2D eigenvalue weighted by atomic mass is 10.1. The molecule has 2 rings (SSSR count). The van der Waals surface area contributed by atoms with Crippen LogP contribution in [0.1, 0.15) is 19.4 Å². The third kappa shape index (κ3) is 2.18. The number of benzene rings is 1. The molecule has 0 saturated carbocycles. The zero-order valence-corrected chi connectivity index (χ0v) is 12.1. The number of carbonyl (C=O) groups is 1. The molecule has 1 heterocycles. The molecule has 17 heavy (non-hydrogen) atoms. The van der Waals surface area contributed by atoms with Crippen molar-refractivity contribution in [3.63, 3.8) is 0 Å². The van der Waals surface area contributed by atoms with Gasteiger partial charge in [-0.25, -0.2) is 0 Å². The Morgan fingerprint density at radius 3 is 2.53 bits per heavy atom. The minimum absolute atomic E-state index is 0.0634. The van der Waals surface area contributed by atoms with Gasteiger partial charge < -0.3 is 5.32 Å². The van der Waals surface area contributed by atoms with Gasteiger partial charge in [-0.1, -0.05) is 25.4 Å². The Labute approximate surface area is 115 Å². The van der Waals surface area contributed by atoms with Crippen LogP contribution >= 0.6 is 35.1 Å². The standard InChI is InChI=1S/C12H14ClNOS2/c1-3-16-12(17-4-2)9-7-8(13)5-6-10(9)14-11(12)15/h5-7H,3-4H2,1-2H3,(H,14,15). The Bertz CT molecular complexity index is 444. The van der Waals surface area contributed by atoms with E-state index in [-0.39, 0.29) is 5.91 Å². The second-order valence-corrected chi connectivity index (χ2v) is 7.28. The molecule has 0 saturated heterocycles. The molecule has 0 atom stereocenters. The largest absolute Gasteiger partial charge is 0.323 e. The van der Waals surface area contributed by atoms with Crippen LogP contribution in [0.5, 0.6) is 0 Å². The highest BCUT2D eigenvalue weighted by Crippen LogP contribution is 2.53. The second-order valence-electron chi connectivity index (χ2n) is 3.63. The van der Waals surface area contributed by atoms with Crippen molar-refractivity contribution in [3.05, 3.63) is 28.8 Å². The van der Waals surface area contributed by atoms with E-state index in [1.165, 1.54) is 0 Å². The summed E-state index contributed by atoms with van der Waals surface area (Å²) in [6, 6.07) is 5.59. The number of hydrogen-bond acceptors (Lipinski definition) is 3. The van der Waals surface area contributed by atoms with Crippen molar-refractivity contribution in [2.75, 3.05) is 16.8 Å². The lowest BCUT2D eigenvalue weighted by molar-refractivity contribution is -0.116. The predicted molar refractivity (Wildman–Crippen MR) is 78.0 cm³/mol. The van der Waals surface area contributed by atoms with Crippen LogP contribution < -0.4 is 5.32 Å². The van der Waals surface area contributed by atoms with E-state index in [2.05, 4.69) is 19.2 Å². The SMILES string of the molecule is CCSC1(SCC)C(=O)Nc2ccc(Cl)cc21. The molecule has 0 radical (unpaired) electrons. The van der Waals surface area contributed by atoms with Crippen molar-refractivity contribution in [1.82, 2.24) is 0 Å². The van der Waals surface area contributed by atoms with Crippen molar-refractivity contribution in [2.45, 2.75) is 17.9 Å². The Kier molecular flexibility index (Phi) is 3.95. The van der Waals surface area contributed by atoms with Gasteiger partial charge in [-0.15, -0.1) is 23.5 Å². The summed E-state index contributed by atoms with van der Waals surface area (Å²) < 4.78 is -0.524. The van der Waals surface area contributed by atoms with Crippen molar-refractivity contribution < 1.29 is 4.79 Å². The monoisotopic (exact) mass is 287 g/mol. The Hall–Kier alpha value is -0.320. The fourth-order valence-corrected chi connectivity index (χ4v) is 5.00. The maximum Gasteiger partial charge on any atom is 0.255 e. The Morgan fingerprint density at radius 1 is 1.29 bits per heavy atom. The van der Waals surface area contributed by atoms with E-state index >= 15 is 0 Å². The summed E-state index contributed by atoms with van der Waals surface area (Å²) in [5, 5.41) is 3.62. The number of halogens is 1. The number of carbonyl (C=O) groups excluding carboxylic acids is 1. The van der Waals surface area contributed by atoms with E-state index in [0.717, 1.165) is 22.8 Å². The number of rotatable bonds is 4. The van der Waals surface area contributed by atoms with E-state index in [1.54, 1.807) is 23.5 Å². The van der Waals surface area contributed by atoms with Crippen LogP contribution in [0.3, 0.4) is 0 Å². The zero-order chi connectivity index (χ0) is 12.5. The van der Waals surface area contributed by atoms with Crippen LogP contribution in [0.2, 0.25) is 5.02 Å². The first-order chi connectivity index (χ1) is 8.14. The normalized spacial score (nSPS) is 16.8. The minimum Gasteiger partial charge on any atom is -0.323 e. The van der Waals surface area contributed by atoms with Gasteiger partial charge in [-0.3, -0.25) is 4.79 Å². The summed E-state index contributed by atoms with van der Waals surface area (Å²) in [4.78, 5) is 12.2. The fraction of sp³-hybridized carbons (Fsp3) is 0.417. The summed E-state index contributed by atoms with van der Waals surface area (Å²) in [6.45, 7) is 4.14. The fourth-order valence-electron chi connectivity index (χ4n) is 1.96. The highest BCUT2D eigenvalue weighted by atomic mass is 35.5. The van der Waals surface area contributed by atoms with Gasteiger partial charge in [-0.05, 0) is 29.7 Å². The van der Waals surface area contributed by atoms with Crippen LogP contribution in [-0.2, 0) is 8.87 Å². The van der Waals surface area contributed by atoms with Crippen LogP contribution in [0, 0.1) is 0 Å². The van der Waals surface area contributed by atoms with Gasteiger partial charge in [0.1, 0.15) is 0 Å². The lowest BCUT2D eigenvalue weighted by Crippen LogP contribution is -2.28. The molecule has 0 spiro atoms. The molecule has 0 unspecified atom stereocenters. The molecule has 1 aromatic rings. The summed E-state index contributed by atoms with van der Waals surface area (Å²) in [5.74, 6) is 1.85. The Balaban J connectivity index is 2.52. The van der Waals surface area contributed by atoms with Crippen molar-refractivity contribution in [2.24, 2.45) is 0 Å². The average Bonchev–Trinajstić information content (AvgIpc) is 2.54. The molecular weight excluding hydrogens is 274 g/mol. The molecule has 1 aromatic carbocycles. The van der Waals surface area contributed by atoms with Crippen LogP contribution in [0.4, 0.5) is 5.69 Å². The lowest BCUT2D eigenvalue weighted by Gasteiger charge is -2.25. The van der Waals surface area contributed by atoms with Crippen molar-refractivity contribution in [1.29, 1.82) is 0 Å². The highest BCUT2D eigenvalue weighted by molar-refractivity contribution is 8.18. The van der Waals surface area contributed by atoms with Crippen LogP contribution in [-0.4, -0.2) is 17.4 Å². The van der Waals surface area contributed by atoms with Gasteiger partial charge in [0.2, 0.25) is 0 Å². The topological polar surface area (TPSA) is 29.1 Å². The van der Waals surface area contributed by atoms with Gasteiger partial charge in [0.25, 0.3) is 5.91 Å². The molecule has 92 valence electrons. The summed E-state index contributed by atoms with van der Waals surface area (Å²) >= 11 is 9.37. The number of amides is 1. The van der Waals surface area contributed by atoms with Gasteiger partial charge in [-0.2, -0.15) is 0 Å². The number of nitrogens with one attached hydrogen (secondary N) is 1. The molecule has 1 N–H and O–H groups in total. The third-order valence-corrected chi connectivity index (χ3v) is 5.72. The first-order valence-corrected chi connectivity index (χ1v) is 7.88. The van der Waals surface area contributed by atoms with E-state index in [9.17, 15) is 4.79 Å². The van der Waals surface area contributed by atoms with E-state index in [4.69, 9.17) is 11.6 Å². The summed E-state index contributed by atoms with van der Waals surface area (Å²) in [7, 11) is 0. The molecule has 2 nitrogen and oxygen atoms in total. The molecule has 0 aliphatic carbocycles. The quantitative estimate of drug-likeness (QED) is 0.850. The van der Waals surface area contributed by atoms with Gasteiger partial charge in [0, 0.05) is 16.3 Å². The first-order valence-electron chi connectivity index (χ1n) is 5.53. The number of fused-ring (bicyclic) bond motifs is 1. The number of thioether (sulfide) groups is 2. The number of anilines is 1. The second kappa shape index (κ2) is 5.12. The van der Waals surface area contributed by atoms with Crippen molar-refractivity contribution in [3.8, 4) is 0 Å². The maximum absolute atomic E-state index is 12.2. The zero-order valence-electron chi connectivity index (χ0n) is 9.75. The molecule has 1 amide bonds. The maximum atomic E-state index is 12.2. The highest BCUT2D eigenvalue weighted by Gasteiger charge is 2.47. The van der Waals surface area contributed by atoms with Gasteiger partial charge >= 0.3 is 0 Å². The van der Waals surface area contributed by atoms with Crippen molar-refractivity contribution >= 4 is 46.7 Å². The van der Waals surface area contributed by atoms with E-state index in [1.807, 2.05) is 18.2 Å². The first kappa shape index (κ1) is 13.1. The van der Waals surface area contributed by atoms with Crippen LogP contribution in [0.25, 0.3) is 0 Å². The molecule has 5 heteroatoms. The molecule has 0 bridgehead atoms. The van der Waals surface area contributed by atoms with Crippen LogP contribution in [0.15, 0.2) is 18.2 Å². The van der Waals surface area contributed by atoms with E-state index in [0.29, 0.717) is 5.02 Å². The summed E-state index contributed by atoms with van der Waals surface area (Å²) in [5.41, 5.74) is 1.90. The predicted octanol–water partition coefficient (Wildman–Crippen LogP) is 3.95. The summed E-state index contributed by atoms with van der Waals surface area (Å²) in [6.07, 6.45) is 0. The molecular formula is C12H14ClNOS2. The molecule has 0 fully saturated rings. The molecule has 1 aliphatic rings. The van der Waals surface area contributed by atoms with E-state index < -0.39 is 4.08 Å². The average molecular weight is 288 g/mol. The smallest absolute Gasteiger partial charge is 0.255 e. The van der Waals surface area contributed by atoms with Gasteiger partial charge in [0.05, 0.1) is 0 Å². The minimum atomic E-state index is -0.524. The Morgan fingerprint density at radius 2 is 1.94 bits per heavy atom. The van der Waals surface area contributed by atoms with Gasteiger partial charge in [0.15, 0.2) is 4.08 Å². The molecule has 1 aliphatic heterocycles.